The van der Waals surface area contributed by atoms with Gasteiger partial charge in [-0.1, -0.05) is 29.3 Å². The van der Waals surface area contributed by atoms with E-state index in [4.69, 9.17) is 27.9 Å². The molecule has 2 aliphatic rings. The van der Waals surface area contributed by atoms with Crippen LogP contribution < -0.4 is 10.1 Å². The minimum absolute atomic E-state index is 0.0559. The third kappa shape index (κ3) is 2.50. The van der Waals surface area contributed by atoms with Crippen molar-refractivity contribution >= 4 is 23.2 Å². The average molecular weight is 366 g/mol. The monoisotopic (exact) mass is 365 g/mol. The largest absolute Gasteiger partial charge is 0.494 e. The lowest BCUT2D eigenvalue weighted by Gasteiger charge is -2.35. The number of ether oxygens (including phenoxy) is 1. The fraction of sp³-hybridized carbons (Fsp3) is 0.368. The first-order valence-corrected chi connectivity index (χ1v) is 8.86. The molecule has 0 spiro atoms. The molecule has 2 aromatic carbocycles. The lowest BCUT2D eigenvalue weighted by Crippen LogP contribution is -2.38. The Balaban J connectivity index is 1.81. The Morgan fingerprint density at radius 1 is 1.21 bits per heavy atom. The van der Waals surface area contributed by atoms with E-state index >= 15 is 0 Å². The molecule has 24 heavy (non-hydrogen) atoms. The van der Waals surface area contributed by atoms with E-state index in [1.54, 1.807) is 12.1 Å². The number of fused-ring (bicyclic) bond motifs is 1. The molecule has 0 saturated heterocycles. The summed E-state index contributed by atoms with van der Waals surface area (Å²) >= 11 is 12.5. The summed E-state index contributed by atoms with van der Waals surface area (Å²) in [6.07, 6.45) is 2.91. The highest BCUT2D eigenvalue weighted by molar-refractivity contribution is 6.35. The Morgan fingerprint density at radius 3 is 2.67 bits per heavy atom. The molecule has 1 heterocycles. The van der Waals surface area contributed by atoms with Crippen LogP contribution in [-0.4, -0.2) is 13.7 Å². The summed E-state index contributed by atoms with van der Waals surface area (Å²) in [6.45, 7) is 0.830. The molecule has 0 amide bonds. The van der Waals surface area contributed by atoms with E-state index in [1.165, 1.54) is 7.11 Å². The summed E-state index contributed by atoms with van der Waals surface area (Å²) in [5.41, 5.74) is 3.22. The number of benzene rings is 2. The van der Waals surface area contributed by atoms with Crippen LogP contribution in [0.1, 0.15) is 35.6 Å². The lowest BCUT2D eigenvalue weighted by molar-refractivity contribution is 0.374. The topological polar surface area (TPSA) is 21.3 Å². The third-order valence-electron chi connectivity index (χ3n) is 5.28. The van der Waals surface area contributed by atoms with Crippen LogP contribution in [0.3, 0.4) is 0 Å². The van der Waals surface area contributed by atoms with Crippen LogP contribution in [-0.2, 0) is 11.8 Å². The zero-order valence-electron chi connectivity index (χ0n) is 13.3. The second-order valence-electron chi connectivity index (χ2n) is 6.60. The van der Waals surface area contributed by atoms with Crippen molar-refractivity contribution in [2.75, 3.05) is 13.7 Å². The standard InChI is InChI=1S/C19H18Cl2FNO/c1-24-17-10-13-11(8-16(17)22)4-7-23-18(13)19(5-6-19)14-3-2-12(20)9-15(14)21/h2-3,8-10,18,23H,4-7H2,1H3. The van der Waals surface area contributed by atoms with Gasteiger partial charge < -0.3 is 10.1 Å². The Bertz CT molecular complexity index is 804. The van der Waals surface area contributed by atoms with Crippen LogP contribution in [0.2, 0.25) is 10.0 Å². The quantitative estimate of drug-likeness (QED) is 0.820. The van der Waals surface area contributed by atoms with Crippen molar-refractivity contribution in [3.63, 3.8) is 0 Å². The van der Waals surface area contributed by atoms with E-state index in [9.17, 15) is 4.39 Å². The maximum Gasteiger partial charge on any atom is 0.165 e. The van der Waals surface area contributed by atoms with Crippen LogP contribution in [0.25, 0.3) is 0 Å². The second kappa shape index (κ2) is 5.91. The highest BCUT2D eigenvalue weighted by atomic mass is 35.5. The van der Waals surface area contributed by atoms with E-state index in [0.29, 0.717) is 15.8 Å². The van der Waals surface area contributed by atoms with E-state index < -0.39 is 0 Å². The van der Waals surface area contributed by atoms with Gasteiger partial charge in [-0.2, -0.15) is 0 Å². The molecule has 1 fully saturated rings. The highest BCUT2D eigenvalue weighted by Crippen LogP contribution is 2.59. The smallest absolute Gasteiger partial charge is 0.165 e. The first kappa shape index (κ1) is 16.2. The van der Waals surface area contributed by atoms with Crippen LogP contribution in [0.15, 0.2) is 30.3 Å². The number of hydrogen-bond donors (Lipinski definition) is 1. The minimum atomic E-state index is -0.300. The number of methoxy groups -OCH3 is 1. The fourth-order valence-corrected chi connectivity index (χ4v) is 4.54. The van der Waals surface area contributed by atoms with Crippen molar-refractivity contribution in [2.24, 2.45) is 0 Å². The first-order valence-electron chi connectivity index (χ1n) is 8.10. The van der Waals surface area contributed by atoms with E-state index in [0.717, 1.165) is 42.5 Å². The zero-order chi connectivity index (χ0) is 16.9. The summed E-state index contributed by atoms with van der Waals surface area (Å²) in [6, 6.07) is 9.27. The third-order valence-corrected chi connectivity index (χ3v) is 5.82. The molecule has 2 aromatic rings. The van der Waals surface area contributed by atoms with Crippen LogP contribution in [0, 0.1) is 5.82 Å². The minimum Gasteiger partial charge on any atom is -0.494 e. The maximum absolute atomic E-state index is 14.1. The summed E-state index contributed by atoms with van der Waals surface area (Å²) in [5.74, 6) is -0.00766. The van der Waals surface area contributed by atoms with Crippen LogP contribution in [0.5, 0.6) is 5.75 Å². The van der Waals surface area contributed by atoms with Gasteiger partial charge in [-0.15, -0.1) is 0 Å². The predicted octanol–water partition coefficient (Wildman–Crippen LogP) is 5.06. The Kier molecular flexibility index (Phi) is 3.98. The molecule has 5 heteroatoms. The second-order valence-corrected chi connectivity index (χ2v) is 7.45. The normalized spacial score (nSPS) is 21.2. The molecule has 0 bridgehead atoms. The van der Waals surface area contributed by atoms with Crippen LogP contribution in [0.4, 0.5) is 4.39 Å². The number of nitrogens with one attached hydrogen (secondary N) is 1. The molecular formula is C19H18Cl2FNO. The van der Waals surface area contributed by atoms with Gasteiger partial charge in [-0.05, 0) is 66.8 Å². The summed E-state index contributed by atoms with van der Waals surface area (Å²) < 4.78 is 19.3. The maximum atomic E-state index is 14.1. The van der Waals surface area contributed by atoms with Crippen molar-refractivity contribution in [1.82, 2.24) is 5.32 Å². The van der Waals surface area contributed by atoms with Gasteiger partial charge in [-0.3, -0.25) is 0 Å². The summed E-state index contributed by atoms with van der Waals surface area (Å²) in [4.78, 5) is 0. The molecule has 0 radical (unpaired) electrons. The molecule has 1 atom stereocenters. The van der Waals surface area contributed by atoms with Gasteiger partial charge in [0.15, 0.2) is 11.6 Å². The molecule has 2 nitrogen and oxygen atoms in total. The van der Waals surface area contributed by atoms with E-state index in [2.05, 4.69) is 5.32 Å². The summed E-state index contributed by atoms with van der Waals surface area (Å²) in [5, 5.41) is 4.96. The van der Waals surface area contributed by atoms with E-state index in [1.807, 2.05) is 18.2 Å². The molecule has 1 saturated carbocycles. The molecule has 1 N–H and O–H groups in total. The van der Waals surface area contributed by atoms with Gasteiger partial charge in [0.2, 0.25) is 0 Å². The van der Waals surface area contributed by atoms with Gasteiger partial charge in [0.1, 0.15) is 0 Å². The number of hydrogen-bond acceptors (Lipinski definition) is 2. The first-order chi connectivity index (χ1) is 11.5. The molecular weight excluding hydrogens is 348 g/mol. The molecule has 0 aromatic heterocycles. The van der Waals surface area contributed by atoms with Gasteiger partial charge in [0, 0.05) is 21.5 Å². The van der Waals surface area contributed by atoms with Gasteiger partial charge >= 0.3 is 0 Å². The Morgan fingerprint density at radius 2 is 2.00 bits per heavy atom. The van der Waals surface area contributed by atoms with Gasteiger partial charge in [0.05, 0.1) is 7.11 Å². The van der Waals surface area contributed by atoms with Gasteiger partial charge in [-0.25, -0.2) is 4.39 Å². The van der Waals surface area contributed by atoms with Crippen molar-refractivity contribution in [1.29, 1.82) is 0 Å². The highest BCUT2D eigenvalue weighted by Gasteiger charge is 2.53. The SMILES string of the molecule is COc1cc2c(cc1F)CCNC2C1(c2ccc(Cl)cc2Cl)CC1. The predicted molar refractivity (Wildman–Crippen MR) is 94.8 cm³/mol. The average Bonchev–Trinajstić information content (AvgIpc) is 3.35. The number of rotatable bonds is 3. The van der Waals surface area contributed by atoms with Crippen molar-refractivity contribution < 1.29 is 9.13 Å². The molecule has 4 rings (SSSR count). The van der Waals surface area contributed by atoms with Gasteiger partial charge in [0.25, 0.3) is 0 Å². The summed E-state index contributed by atoms with van der Waals surface area (Å²) in [7, 11) is 1.50. The fourth-order valence-electron chi connectivity index (χ4n) is 3.95. The molecule has 1 unspecified atom stereocenters. The van der Waals surface area contributed by atoms with Crippen molar-refractivity contribution in [3.05, 3.63) is 62.9 Å². The van der Waals surface area contributed by atoms with E-state index in [-0.39, 0.29) is 17.3 Å². The van der Waals surface area contributed by atoms with Crippen molar-refractivity contribution in [2.45, 2.75) is 30.7 Å². The molecule has 1 aliphatic carbocycles. The van der Waals surface area contributed by atoms with Crippen molar-refractivity contribution in [3.8, 4) is 5.75 Å². The Labute approximate surface area is 150 Å². The molecule has 1 aliphatic heterocycles. The van der Waals surface area contributed by atoms with Crippen LogP contribution >= 0.6 is 23.2 Å². The Hall–Kier alpha value is -1.29. The number of halogens is 3. The molecule has 126 valence electrons. The lowest BCUT2D eigenvalue weighted by atomic mass is 9.79. The zero-order valence-corrected chi connectivity index (χ0v) is 14.8.